The van der Waals surface area contributed by atoms with Crippen LogP contribution in [0.25, 0.3) is 16.7 Å². The molecule has 156 valence electrons. The number of carbonyl (C=O) groups is 2. The number of hydrogen-bond acceptors (Lipinski definition) is 4. The minimum absolute atomic E-state index is 0.0915. The first-order valence-electron chi connectivity index (χ1n) is 10.3. The molecule has 1 saturated heterocycles. The van der Waals surface area contributed by atoms with Crippen molar-refractivity contribution >= 4 is 22.8 Å². The Bertz CT molecular complexity index is 1050. The maximum Gasteiger partial charge on any atom is 0.251 e. The first-order chi connectivity index (χ1) is 14.5. The number of nitrogens with zero attached hydrogens (tertiary/aromatic N) is 4. The van der Waals surface area contributed by atoms with E-state index in [1.807, 2.05) is 60.4 Å². The molecule has 0 aliphatic carbocycles. The van der Waals surface area contributed by atoms with Gasteiger partial charge < -0.3 is 10.2 Å². The van der Waals surface area contributed by atoms with Gasteiger partial charge in [-0.2, -0.15) is 0 Å². The lowest BCUT2D eigenvalue weighted by atomic mass is 10.2. The molecule has 3 aromatic rings. The topological polar surface area (TPSA) is 70.5 Å². The van der Waals surface area contributed by atoms with E-state index in [-0.39, 0.29) is 11.8 Å². The molecule has 1 aliphatic rings. The van der Waals surface area contributed by atoms with Crippen molar-refractivity contribution in [3.8, 4) is 5.69 Å². The Labute approximate surface area is 176 Å². The molecule has 1 N–H and O–H groups in total. The van der Waals surface area contributed by atoms with Crippen LogP contribution in [0.3, 0.4) is 0 Å². The normalized spacial score (nSPS) is 14.8. The summed E-state index contributed by atoms with van der Waals surface area (Å²) in [4.78, 5) is 32.8. The van der Waals surface area contributed by atoms with Gasteiger partial charge in [-0.3, -0.25) is 19.1 Å². The molecule has 0 unspecified atom stereocenters. The molecule has 2 amide bonds. The standard InChI is InChI=1S/C23H27N5O2/c1-17-25-21-16-19(8-9-22(21)28(17)20-6-4-3-5-7-20)23(30)24-10-11-26-12-14-27(15-13-26)18(2)29/h3-9,16H,10-15H2,1-2H3,(H,24,30). The summed E-state index contributed by atoms with van der Waals surface area (Å²) >= 11 is 0. The Kier molecular flexibility index (Phi) is 5.81. The Morgan fingerprint density at radius 1 is 1.03 bits per heavy atom. The van der Waals surface area contributed by atoms with Crippen LogP contribution in [-0.2, 0) is 4.79 Å². The summed E-state index contributed by atoms with van der Waals surface area (Å²) < 4.78 is 2.09. The number of piperazine rings is 1. The van der Waals surface area contributed by atoms with Gasteiger partial charge in [-0.1, -0.05) is 18.2 Å². The van der Waals surface area contributed by atoms with E-state index in [1.165, 1.54) is 0 Å². The zero-order valence-electron chi connectivity index (χ0n) is 17.5. The van der Waals surface area contributed by atoms with Crippen LogP contribution in [-0.4, -0.2) is 70.4 Å². The molecule has 30 heavy (non-hydrogen) atoms. The highest BCUT2D eigenvalue weighted by atomic mass is 16.2. The number of fused-ring (bicyclic) bond motifs is 1. The average Bonchev–Trinajstić information content (AvgIpc) is 3.09. The molecule has 4 rings (SSSR count). The Balaban J connectivity index is 1.38. The lowest BCUT2D eigenvalue weighted by Crippen LogP contribution is -2.49. The summed E-state index contributed by atoms with van der Waals surface area (Å²) in [5, 5.41) is 3.00. The molecular weight excluding hydrogens is 378 g/mol. The third-order valence-electron chi connectivity index (χ3n) is 5.63. The molecule has 7 heteroatoms. The number of rotatable bonds is 5. The fraction of sp³-hybridized carbons (Fsp3) is 0.348. The monoisotopic (exact) mass is 405 g/mol. The average molecular weight is 406 g/mol. The molecule has 2 heterocycles. The summed E-state index contributed by atoms with van der Waals surface area (Å²) in [5.74, 6) is 0.924. The Morgan fingerprint density at radius 3 is 2.47 bits per heavy atom. The van der Waals surface area contributed by atoms with E-state index < -0.39 is 0 Å². The molecule has 1 aliphatic heterocycles. The third kappa shape index (κ3) is 4.21. The first kappa shape index (κ1) is 20.1. The van der Waals surface area contributed by atoms with Gasteiger partial charge >= 0.3 is 0 Å². The second-order valence-corrected chi connectivity index (χ2v) is 7.64. The van der Waals surface area contributed by atoms with Gasteiger partial charge in [-0.05, 0) is 37.3 Å². The fourth-order valence-corrected chi connectivity index (χ4v) is 3.96. The smallest absolute Gasteiger partial charge is 0.251 e. The minimum Gasteiger partial charge on any atom is -0.351 e. The van der Waals surface area contributed by atoms with Crippen molar-refractivity contribution in [2.24, 2.45) is 0 Å². The van der Waals surface area contributed by atoms with Gasteiger partial charge in [-0.25, -0.2) is 4.98 Å². The minimum atomic E-state index is -0.0915. The van der Waals surface area contributed by atoms with Crippen molar-refractivity contribution in [3.63, 3.8) is 0 Å². The van der Waals surface area contributed by atoms with Gasteiger partial charge in [-0.15, -0.1) is 0 Å². The van der Waals surface area contributed by atoms with Crippen LogP contribution < -0.4 is 5.32 Å². The quantitative estimate of drug-likeness (QED) is 0.707. The number of hydrogen-bond donors (Lipinski definition) is 1. The van der Waals surface area contributed by atoms with E-state index >= 15 is 0 Å². The Hall–Kier alpha value is -3.19. The zero-order valence-corrected chi connectivity index (χ0v) is 17.5. The van der Waals surface area contributed by atoms with Crippen molar-refractivity contribution in [2.45, 2.75) is 13.8 Å². The molecular formula is C23H27N5O2. The number of aryl methyl sites for hydroxylation is 1. The second kappa shape index (κ2) is 8.67. The molecule has 0 bridgehead atoms. The summed E-state index contributed by atoms with van der Waals surface area (Å²) in [6.07, 6.45) is 0. The lowest BCUT2D eigenvalue weighted by Gasteiger charge is -2.34. The second-order valence-electron chi connectivity index (χ2n) is 7.64. The van der Waals surface area contributed by atoms with E-state index in [9.17, 15) is 9.59 Å². The van der Waals surface area contributed by atoms with E-state index in [0.717, 1.165) is 55.3 Å². The molecule has 2 aromatic carbocycles. The van der Waals surface area contributed by atoms with Gasteiger partial charge in [0.15, 0.2) is 0 Å². The molecule has 0 spiro atoms. The molecule has 0 saturated carbocycles. The molecule has 0 radical (unpaired) electrons. The first-order valence-corrected chi connectivity index (χ1v) is 10.3. The number of benzene rings is 2. The Morgan fingerprint density at radius 2 is 1.77 bits per heavy atom. The van der Waals surface area contributed by atoms with Crippen molar-refractivity contribution in [1.29, 1.82) is 0 Å². The number of carbonyl (C=O) groups excluding carboxylic acids is 2. The van der Waals surface area contributed by atoms with Crippen molar-refractivity contribution in [3.05, 3.63) is 59.9 Å². The fourth-order valence-electron chi connectivity index (χ4n) is 3.96. The summed E-state index contributed by atoms with van der Waals surface area (Å²) in [6, 6.07) is 15.7. The van der Waals surface area contributed by atoms with Gasteiger partial charge in [0.2, 0.25) is 5.91 Å². The van der Waals surface area contributed by atoms with E-state index in [1.54, 1.807) is 6.92 Å². The maximum absolute atomic E-state index is 12.6. The predicted octanol–water partition coefficient (Wildman–Crippen LogP) is 2.23. The zero-order chi connectivity index (χ0) is 21.1. The van der Waals surface area contributed by atoms with Crippen LogP contribution in [0.15, 0.2) is 48.5 Å². The van der Waals surface area contributed by atoms with Crippen LogP contribution >= 0.6 is 0 Å². The van der Waals surface area contributed by atoms with Gasteiger partial charge in [0.1, 0.15) is 5.82 Å². The van der Waals surface area contributed by atoms with Crippen LogP contribution in [0.5, 0.6) is 0 Å². The van der Waals surface area contributed by atoms with Crippen molar-refractivity contribution < 1.29 is 9.59 Å². The largest absolute Gasteiger partial charge is 0.351 e. The van der Waals surface area contributed by atoms with Crippen LogP contribution in [0.2, 0.25) is 0 Å². The highest BCUT2D eigenvalue weighted by Crippen LogP contribution is 2.22. The molecule has 1 fully saturated rings. The van der Waals surface area contributed by atoms with E-state index in [0.29, 0.717) is 12.1 Å². The van der Waals surface area contributed by atoms with Gasteiger partial charge in [0.25, 0.3) is 5.91 Å². The number of para-hydroxylation sites is 1. The SMILES string of the molecule is CC(=O)N1CCN(CCNC(=O)c2ccc3c(c2)nc(C)n3-c2ccccc2)CC1. The third-order valence-corrected chi connectivity index (χ3v) is 5.63. The van der Waals surface area contributed by atoms with Crippen molar-refractivity contribution in [1.82, 2.24) is 24.7 Å². The molecule has 7 nitrogen and oxygen atoms in total. The van der Waals surface area contributed by atoms with Crippen LogP contribution in [0, 0.1) is 6.92 Å². The molecule has 0 atom stereocenters. The lowest BCUT2D eigenvalue weighted by molar-refractivity contribution is -0.130. The van der Waals surface area contributed by atoms with Gasteiger partial charge in [0.05, 0.1) is 11.0 Å². The van der Waals surface area contributed by atoms with Crippen LogP contribution in [0.4, 0.5) is 0 Å². The number of amides is 2. The summed E-state index contributed by atoms with van der Waals surface area (Å²) in [5.41, 5.74) is 3.46. The van der Waals surface area contributed by atoms with Gasteiger partial charge in [0, 0.05) is 57.4 Å². The summed E-state index contributed by atoms with van der Waals surface area (Å²) in [7, 11) is 0. The summed E-state index contributed by atoms with van der Waals surface area (Å²) in [6.45, 7) is 8.13. The van der Waals surface area contributed by atoms with E-state index in [4.69, 9.17) is 0 Å². The highest BCUT2D eigenvalue weighted by Gasteiger charge is 2.18. The van der Waals surface area contributed by atoms with E-state index in [2.05, 4.69) is 19.8 Å². The number of nitrogens with one attached hydrogen (secondary N) is 1. The maximum atomic E-state index is 12.6. The highest BCUT2D eigenvalue weighted by molar-refractivity contribution is 5.97. The molecule has 1 aromatic heterocycles. The predicted molar refractivity (Wildman–Crippen MR) is 117 cm³/mol. The number of imidazole rings is 1. The van der Waals surface area contributed by atoms with Crippen LogP contribution in [0.1, 0.15) is 23.1 Å². The van der Waals surface area contributed by atoms with Crippen molar-refractivity contribution in [2.75, 3.05) is 39.3 Å². The number of aromatic nitrogens is 2.